The van der Waals surface area contributed by atoms with Gasteiger partial charge in [-0.05, 0) is 41.9 Å². The van der Waals surface area contributed by atoms with Crippen molar-refractivity contribution in [2.45, 2.75) is 56.8 Å². The van der Waals surface area contributed by atoms with Crippen LogP contribution in [0.1, 0.15) is 48.4 Å². The second-order valence-corrected chi connectivity index (χ2v) is 14.0. The van der Waals surface area contributed by atoms with Gasteiger partial charge in [0.2, 0.25) is 0 Å². The third kappa shape index (κ3) is 5.13. The van der Waals surface area contributed by atoms with Crippen LogP contribution in [0.5, 0.6) is 0 Å². The molecule has 1 heterocycles. The number of nitrogens with one attached hydrogen (secondary N) is 1. The lowest BCUT2D eigenvalue weighted by molar-refractivity contribution is 0.159. The quantitative estimate of drug-likeness (QED) is 0.252. The maximum absolute atomic E-state index is 15.0. The van der Waals surface area contributed by atoms with E-state index in [1.54, 1.807) is 0 Å². The number of benzene rings is 3. The highest BCUT2D eigenvalue weighted by atomic mass is 31.2. The lowest BCUT2D eigenvalue weighted by Crippen LogP contribution is -2.50. The minimum absolute atomic E-state index is 0.108. The first-order chi connectivity index (χ1) is 18.6. The molecule has 3 aromatic rings. The largest absolute Gasteiger partial charge is 0.308 e. The summed E-state index contributed by atoms with van der Waals surface area (Å²) in [5, 5.41) is 5.07. The molecule has 38 heavy (non-hydrogen) atoms. The van der Waals surface area contributed by atoms with Gasteiger partial charge in [-0.15, -0.1) is 0 Å². The first kappa shape index (κ1) is 25.6. The van der Waals surface area contributed by atoms with E-state index >= 15 is 4.57 Å². The van der Waals surface area contributed by atoms with Crippen molar-refractivity contribution < 1.29 is 4.57 Å². The van der Waals surface area contributed by atoms with Gasteiger partial charge < -0.3 is 9.88 Å². The smallest absolute Gasteiger partial charge is 0.173 e. The van der Waals surface area contributed by atoms with Gasteiger partial charge in [0.1, 0.15) is 0 Å². The zero-order valence-corrected chi connectivity index (χ0v) is 23.2. The van der Waals surface area contributed by atoms with E-state index in [1.807, 2.05) is 0 Å². The van der Waals surface area contributed by atoms with Crippen molar-refractivity contribution in [3.8, 4) is 0 Å². The summed E-state index contributed by atoms with van der Waals surface area (Å²) in [6, 6.07) is 32.9. The Bertz CT molecular complexity index is 1320. The van der Waals surface area contributed by atoms with Crippen molar-refractivity contribution in [2.75, 3.05) is 6.66 Å². The van der Waals surface area contributed by atoms with Gasteiger partial charge >= 0.3 is 0 Å². The van der Waals surface area contributed by atoms with Crippen molar-refractivity contribution in [2.24, 2.45) is 11.8 Å². The minimum atomic E-state index is -2.75. The van der Waals surface area contributed by atoms with E-state index in [0.717, 1.165) is 25.8 Å². The van der Waals surface area contributed by atoms with E-state index in [1.165, 1.54) is 34.8 Å². The van der Waals surface area contributed by atoms with Crippen LogP contribution in [-0.4, -0.2) is 23.4 Å². The molecule has 0 radical (unpaired) electrons. The number of nitrogens with zero attached hydrogens (tertiary/aromatic N) is 1. The molecular weight excluding hydrogens is 483 g/mol. The van der Waals surface area contributed by atoms with E-state index in [0.29, 0.717) is 6.04 Å². The molecule has 2 aliphatic carbocycles. The minimum Gasteiger partial charge on any atom is -0.308 e. The molecule has 196 valence electrons. The van der Waals surface area contributed by atoms with Crippen LogP contribution in [0.25, 0.3) is 0 Å². The van der Waals surface area contributed by atoms with Crippen LogP contribution in [0.3, 0.4) is 0 Å². The summed E-state index contributed by atoms with van der Waals surface area (Å²) in [4.78, 5) is 0. The lowest BCUT2D eigenvalue weighted by atomic mass is 9.83. The summed E-state index contributed by atoms with van der Waals surface area (Å²) >= 11 is 0. The fourth-order valence-corrected chi connectivity index (χ4v) is 10.1. The fourth-order valence-electron chi connectivity index (χ4n) is 6.99. The van der Waals surface area contributed by atoms with Gasteiger partial charge in [-0.1, -0.05) is 122 Å². The molecule has 1 saturated carbocycles. The lowest BCUT2D eigenvalue weighted by Gasteiger charge is -2.43. The zero-order valence-electron chi connectivity index (χ0n) is 22.3. The molecule has 6 atom stereocenters. The summed E-state index contributed by atoms with van der Waals surface area (Å²) in [6.07, 6.45) is 12.7. The highest BCUT2D eigenvalue weighted by molar-refractivity contribution is 7.65. The summed E-state index contributed by atoms with van der Waals surface area (Å²) in [7, 11) is -2.75. The molecule has 6 rings (SSSR count). The van der Waals surface area contributed by atoms with Crippen molar-refractivity contribution >= 4 is 7.29 Å². The van der Waals surface area contributed by atoms with Gasteiger partial charge in [0, 0.05) is 36.5 Å². The Morgan fingerprint density at radius 1 is 0.816 bits per heavy atom. The molecule has 3 aromatic carbocycles. The van der Waals surface area contributed by atoms with Crippen molar-refractivity contribution in [3.63, 3.8) is 0 Å². The first-order valence-electron chi connectivity index (χ1n) is 14.2. The molecular formula is C34H39N2OP. The highest BCUT2D eigenvalue weighted by Gasteiger charge is 2.54. The van der Waals surface area contributed by atoms with E-state index in [4.69, 9.17) is 0 Å². The van der Waals surface area contributed by atoms with Crippen molar-refractivity contribution in [1.29, 1.82) is 0 Å². The molecule has 0 bridgehead atoms. The molecule has 1 saturated heterocycles. The zero-order chi connectivity index (χ0) is 26.0. The summed E-state index contributed by atoms with van der Waals surface area (Å²) in [6.45, 7) is 2.90. The van der Waals surface area contributed by atoms with Crippen LogP contribution in [-0.2, 0) is 17.5 Å². The SMILES string of the molecule is C[P@@]1(=O)C2=CC(Cc3ccccc3)C=CC2[C@@H](c2ccccc2)N1[C@H]1CCCC[C@@H]1NCc1ccccc1. The summed E-state index contributed by atoms with van der Waals surface area (Å²) in [5.74, 6) is 0.448. The second-order valence-electron chi connectivity index (χ2n) is 11.3. The number of fused-ring (bicyclic) bond motifs is 1. The average molecular weight is 523 g/mol. The highest BCUT2D eigenvalue weighted by Crippen LogP contribution is 2.71. The van der Waals surface area contributed by atoms with E-state index in [9.17, 15) is 0 Å². The molecule has 0 aromatic heterocycles. The summed E-state index contributed by atoms with van der Waals surface area (Å²) in [5.41, 5.74) is 3.91. The second kappa shape index (κ2) is 11.2. The van der Waals surface area contributed by atoms with Gasteiger partial charge in [-0.2, -0.15) is 0 Å². The van der Waals surface area contributed by atoms with Gasteiger partial charge in [0.15, 0.2) is 7.29 Å². The topological polar surface area (TPSA) is 32.3 Å². The molecule has 4 heteroatoms. The Balaban J connectivity index is 1.34. The average Bonchev–Trinajstić information content (AvgIpc) is 3.20. The monoisotopic (exact) mass is 522 g/mol. The normalized spacial score (nSPS) is 31.1. The molecule has 0 spiro atoms. The number of hydrogen-bond acceptors (Lipinski definition) is 2. The molecule has 2 unspecified atom stereocenters. The Morgan fingerprint density at radius 3 is 2.16 bits per heavy atom. The molecule has 2 fully saturated rings. The van der Waals surface area contributed by atoms with Gasteiger partial charge in [0.05, 0.1) is 6.04 Å². The van der Waals surface area contributed by atoms with Crippen LogP contribution in [0, 0.1) is 11.8 Å². The van der Waals surface area contributed by atoms with Crippen LogP contribution < -0.4 is 5.32 Å². The van der Waals surface area contributed by atoms with Crippen LogP contribution >= 0.6 is 7.29 Å². The molecule has 1 N–H and O–H groups in total. The third-order valence-electron chi connectivity index (χ3n) is 8.77. The Hall–Kier alpha value is -2.71. The number of allylic oxidation sites excluding steroid dienone is 2. The fraction of sp³-hybridized carbons (Fsp3) is 0.353. The van der Waals surface area contributed by atoms with Crippen molar-refractivity contribution in [1.82, 2.24) is 9.99 Å². The van der Waals surface area contributed by atoms with Crippen molar-refractivity contribution in [3.05, 3.63) is 131 Å². The third-order valence-corrected chi connectivity index (χ3v) is 11.6. The molecule has 1 aliphatic heterocycles. The van der Waals surface area contributed by atoms with Crippen LogP contribution in [0.15, 0.2) is 115 Å². The Morgan fingerprint density at radius 2 is 1.45 bits per heavy atom. The molecule has 0 amide bonds. The number of hydrogen-bond donors (Lipinski definition) is 1. The van der Waals surface area contributed by atoms with Crippen LogP contribution in [0.4, 0.5) is 0 Å². The maximum atomic E-state index is 15.0. The Kier molecular flexibility index (Phi) is 7.52. The predicted molar refractivity (Wildman–Crippen MR) is 158 cm³/mol. The predicted octanol–water partition coefficient (Wildman–Crippen LogP) is 7.98. The van der Waals surface area contributed by atoms with E-state index in [2.05, 4.69) is 126 Å². The summed E-state index contributed by atoms with van der Waals surface area (Å²) < 4.78 is 17.5. The van der Waals surface area contributed by atoms with E-state index in [-0.39, 0.29) is 23.9 Å². The molecule has 3 nitrogen and oxygen atoms in total. The Labute approximate surface area is 228 Å². The van der Waals surface area contributed by atoms with E-state index < -0.39 is 7.29 Å². The standard InChI is InChI=1S/C34H39N2OP/c1-38(37)33-24-28(23-26-13-5-2-6-14-26)21-22-30(33)34(29-17-9-4-10-18-29)36(38)32-20-12-11-19-31(32)35-25-27-15-7-3-8-16-27/h2-10,13-18,21-22,24,28,30-32,34-35H,11-12,19-20,23,25H2,1H3/t28?,30?,31-,32-,34+,38+/m0/s1. The molecule has 3 aliphatic rings. The number of rotatable bonds is 7. The van der Waals surface area contributed by atoms with Gasteiger partial charge in [-0.3, -0.25) is 0 Å². The van der Waals surface area contributed by atoms with Gasteiger partial charge in [-0.25, -0.2) is 4.67 Å². The van der Waals surface area contributed by atoms with Gasteiger partial charge in [0.25, 0.3) is 0 Å². The van der Waals surface area contributed by atoms with Crippen LogP contribution in [0.2, 0.25) is 0 Å². The maximum Gasteiger partial charge on any atom is 0.173 e. The first-order valence-corrected chi connectivity index (χ1v) is 16.3.